The van der Waals surface area contributed by atoms with Crippen LogP contribution in [0.5, 0.6) is 5.75 Å². The number of nitrogens with one attached hydrogen (secondary N) is 3. The molecular weight excluding hydrogens is 423 g/mol. The lowest BCUT2D eigenvalue weighted by atomic mass is 10.1. The van der Waals surface area contributed by atoms with Crippen LogP contribution in [0.4, 0.5) is 29.3 Å². The number of carbonyl (C=O) groups excluding carboxylic acids is 2. The van der Waals surface area contributed by atoms with Crippen molar-refractivity contribution in [2.24, 2.45) is 0 Å². The van der Waals surface area contributed by atoms with E-state index in [1.54, 1.807) is 43.3 Å². The zero-order valence-corrected chi connectivity index (χ0v) is 16.9. The number of benzene rings is 3. The number of urea groups is 1. The Morgan fingerprint density at radius 3 is 2.28 bits per heavy atom. The van der Waals surface area contributed by atoms with Crippen molar-refractivity contribution in [1.82, 2.24) is 5.32 Å². The summed E-state index contributed by atoms with van der Waals surface area (Å²) in [4.78, 5) is 24.8. The van der Waals surface area contributed by atoms with Crippen LogP contribution in [0.1, 0.15) is 28.9 Å². The van der Waals surface area contributed by atoms with Crippen molar-refractivity contribution in [2.45, 2.75) is 19.6 Å². The maximum Gasteiger partial charge on any atom is 0.387 e. The summed E-state index contributed by atoms with van der Waals surface area (Å²) < 4.78 is 42.4. The molecule has 32 heavy (non-hydrogen) atoms. The predicted octanol–water partition coefficient (Wildman–Crippen LogP) is 5.56. The second-order valence-corrected chi connectivity index (χ2v) is 6.82. The highest BCUT2D eigenvalue weighted by molar-refractivity contribution is 6.05. The van der Waals surface area contributed by atoms with E-state index < -0.39 is 30.4 Å². The van der Waals surface area contributed by atoms with Gasteiger partial charge in [0.2, 0.25) is 0 Å². The number of anilines is 2. The molecule has 0 aromatic heterocycles. The minimum absolute atomic E-state index is 0.0106. The van der Waals surface area contributed by atoms with Gasteiger partial charge in [0.1, 0.15) is 11.6 Å². The number of hydrogen-bond acceptors (Lipinski definition) is 3. The second-order valence-electron chi connectivity index (χ2n) is 6.82. The topological polar surface area (TPSA) is 79.5 Å². The maximum atomic E-state index is 13.3. The molecule has 0 aliphatic heterocycles. The van der Waals surface area contributed by atoms with Crippen LogP contribution in [0.3, 0.4) is 0 Å². The third kappa shape index (κ3) is 6.49. The minimum Gasteiger partial charge on any atom is -0.435 e. The molecule has 0 spiro atoms. The lowest BCUT2D eigenvalue weighted by molar-refractivity contribution is -0.0499. The molecule has 9 heteroatoms. The molecule has 0 aliphatic rings. The first-order chi connectivity index (χ1) is 15.3. The van der Waals surface area contributed by atoms with Gasteiger partial charge in [-0.05, 0) is 61.0 Å². The number of amides is 3. The van der Waals surface area contributed by atoms with Crippen LogP contribution in [-0.2, 0) is 0 Å². The van der Waals surface area contributed by atoms with E-state index in [1.807, 2.05) is 0 Å². The third-order valence-electron chi connectivity index (χ3n) is 4.40. The van der Waals surface area contributed by atoms with Crippen LogP contribution in [0.15, 0.2) is 72.8 Å². The summed E-state index contributed by atoms with van der Waals surface area (Å²) in [6, 6.07) is 16.6. The van der Waals surface area contributed by atoms with Crippen LogP contribution >= 0.6 is 0 Å². The molecule has 0 heterocycles. The Kier molecular flexibility index (Phi) is 7.33. The molecule has 3 N–H and O–H groups in total. The first-order valence-corrected chi connectivity index (χ1v) is 9.59. The smallest absolute Gasteiger partial charge is 0.387 e. The van der Waals surface area contributed by atoms with Crippen LogP contribution in [-0.4, -0.2) is 18.5 Å². The lowest BCUT2D eigenvalue weighted by Crippen LogP contribution is -2.31. The summed E-state index contributed by atoms with van der Waals surface area (Å²) >= 11 is 0. The van der Waals surface area contributed by atoms with E-state index in [0.717, 1.165) is 0 Å². The molecule has 3 aromatic rings. The molecule has 1 atom stereocenters. The van der Waals surface area contributed by atoms with E-state index in [4.69, 9.17) is 0 Å². The van der Waals surface area contributed by atoms with Crippen LogP contribution in [0.2, 0.25) is 0 Å². The fourth-order valence-electron chi connectivity index (χ4n) is 2.91. The SMILES string of the molecule is CC(NC(=O)Nc1cccc(C(=O)Nc2cccc(F)c2)c1)c1cccc(OC(F)F)c1. The van der Waals surface area contributed by atoms with Crippen LogP contribution in [0.25, 0.3) is 0 Å². The zero-order chi connectivity index (χ0) is 23.1. The molecule has 0 aliphatic carbocycles. The Morgan fingerprint density at radius 1 is 0.875 bits per heavy atom. The van der Waals surface area contributed by atoms with Gasteiger partial charge in [-0.2, -0.15) is 8.78 Å². The Bertz CT molecular complexity index is 1110. The minimum atomic E-state index is -2.94. The third-order valence-corrected chi connectivity index (χ3v) is 4.40. The monoisotopic (exact) mass is 443 g/mol. The van der Waals surface area contributed by atoms with E-state index in [9.17, 15) is 22.8 Å². The lowest BCUT2D eigenvalue weighted by Gasteiger charge is -2.16. The number of hydrogen-bond donors (Lipinski definition) is 3. The van der Waals surface area contributed by atoms with Gasteiger partial charge < -0.3 is 20.7 Å². The molecule has 3 aromatic carbocycles. The Labute approximate surface area is 182 Å². The summed E-state index contributed by atoms with van der Waals surface area (Å²) in [6.07, 6.45) is 0. The second kappa shape index (κ2) is 10.3. The van der Waals surface area contributed by atoms with Crippen molar-refractivity contribution in [1.29, 1.82) is 0 Å². The van der Waals surface area contributed by atoms with Gasteiger partial charge in [-0.15, -0.1) is 0 Å². The van der Waals surface area contributed by atoms with Gasteiger partial charge in [0, 0.05) is 16.9 Å². The molecule has 0 saturated carbocycles. The summed E-state index contributed by atoms with van der Waals surface area (Å²) in [5, 5.41) is 7.88. The van der Waals surface area contributed by atoms with E-state index in [1.165, 1.54) is 36.4 Å². The Morgan fingerprint density at radius 2 is 1.56 bits per heavy atom. The number of halogens is 3. The van der Waals surface area contributed by atoms with Gasteiger partial charge in [0.05, 0.1) is 6.04 Å². The fourth-order valence-corrected chi connectivity index (χ4v) is 2.91. The van der Waals surface area contributed by atoms with Crippen LogP contribution in [0, 0.1) is 5.82 Å². The van der Waals surface area contributed by atoms with Crippen LogP contribution < -0.4 is 20.7 Å². The van der Waals surface area contributed by atoms with Gasteiger partial charge in [-0.25, -0.2) is 9.18 Å². The largest absolute Gasteiger partial charge is 0.435 e. The normalized spacial score (nSPS) is 11.5. The van der Waals surface area contributed by atoms with E-state index in [0.29, 0.717) is 16.9 Å². The van der Waals surface area contributed by atoms with E-state index in [-0.39, 0.29) is 11.3 Å². The molecule has 6 nitrogen and oxygen atoms in total. The molecule has 0 saturated heterocycles. The number of carbonyl (C=O) groups is 2. The Balaban J connectivity index is 1.61. The molecule has 3 amide bonds. The highest BCUT2D eigenvalue weighted by Crippen LogP contribution is 2.21. The summed E-state index contributed by atoms with van der Waals surface area (Å²) in [7, 11) is 0. The van der Waals surface area contributed by atoms with Gasteiger partial charge in [-0.3, -0.25) is 4.79 Å². The highest BCUT2D eigenvalue weighted by Gasteiger charge is 2.13. The first kappa shape index (κ1) is 22.7. The average Bonchev–Trinajstić information content (AvgIpc) is 2.73. The van der Waals surface area contributed by atoms with Gasteiger partial charge in [-0.1, -0.05) is 24.3 Å². The Hall–Kier alpha value is -4.01. The molecule has 166 valence electrons. The van der Waals surface area contributed by atoms with Crippen molar-refractivity contribution >= 4 is 23.3 Å². The number of ether oxygens (including phenoxy) is 1. The van der Waals surface area contributed by atoms with Crippen molar-refractivity contribution < 1.29 is 27.5 Å². The van der Waals surface area contributed by atoms with Crippen molar-refractivity contribution in [2.75, 3.05) is 10.6 Å². The molecule has 0 radical (unpaired) electrons. The molecular formula is C23H20F3N3O3. The van der Waals surface area contributed by atoms with E-state index in [2.05, 4.69) is 20.7 Å². The van der Waals surface area contributed by atoms with Gasteiger partial charge >= 0.3 is 12.6 Å². The maximum absolute atomic E-state index is 13.3. The quantitative estimate of drug-likeness (QED) is 0.447. The first-order valence-electron chi connectivity index (χ1n) is 9.59. The summed E-state index contributed by atoms with van der Waals surface area (Å²) in [5.41, 5.74) is 1.49. The summed E-state index contributed by atoms with van der Waals surface area (Å²) in [5.74, 6) is -0.956. The number of rotatable bonds is 7. The molecule has 1 unspecified atom stereocenters. The van der Waals surface area contributed by atoms with E-state index >= 15 is 0 Å². The van der Waals surface area contributed by atoms with Crippen molar-refractivity contribution in [3.63, 3.8) is 0 Å². The van der Waals surface area contributed by atoms with Crippen molar-refractivity contribution in [3.8, 4) is 5.75 Å². The molecule has 3 rings (SSSR count). The highest BCUT2D eigenvalue weighted by atomic mass is 19.3. The molecule has 0 bridgehead atoms. The predicted molar refractivity (Wildman–Crippen MR) is 114 cm³/mol. The van der Waals surface area contributed by atoms with Gasteiger partial charge in [0.25, 0.3) is 5.91 Å². The average molecular weight is 443 g/mol. The fraction of sp³-hybridized carbons (Fsp3) is 0.130. The number of alkyl halides is 2. The van der Waals surface area contributed by atoms with Crippen molar-refractivity contribution in [3.05, 3.63) is 89.7 Å². The standard InChI is InChI=1S/C23H20F3N3O3/c1-14(15-5-3-10-20(12-15)32-22(25)26)27-23(31)29-18-8-2-6-16(11-18)21(30)28-19-9-4-7-17(24)13-19/h2-14,22H,1H3,(H,28,30)(H2,27,29,31). The molecule has 0 fully saturated rings. The van der Waals surface area contributed by atoms with Gasteiger partial charge in [0.15, 0.2) is 0 Å². The summed E-state index contributed by atoms with van der Waals surface area (Å²) in [6.45, 7) is -1.26. The zero-order valence-electron chi connectivity index (χ0n) is 16.9.